The van der Waals surface area contributed by atoms with E-state index in [0.717, 1.165) is 18.7 Å². The van der Waals surface area contributed by atoms with Crippen molar-refractivity contribution in [1.82, 2.24) is 9.97 Å². The molecule has 7 nitrogen and oxygen atoms in total. The fourth-order valence-corrected chi connectivity index (χ4v) is 3.22. The van der Waals surface area contributed by atoms with E-state index in [1.54, 1.807) is 24.3 Å². The smallest absolute Gasteiger partial charge is 0.414 e. The van der Waals surface area contributed by atoms with Gasteiger partial charge in [0.25, 0.3) is 0 Å². The van der Waals surface area contributed by atoms with Crippen LogP contribution in [0.15, 0.2) is 30.5 Å². The van der Waals surface area contributed by atoms with Crippen LogP contribution in [0, 0.1) is 0 Å². The summed E-state index contributed by atoms with van der Waals surface area (Å²) < 4.78 is 10.2. The molecule has 1 fully saturated rings. The Balaban J connectivity index is 1.63. The third kappa shape index (κ3) is 2.51. The van der Waals surface area contributed by atoms with Crippen molar-refractivity contribution >= 4 is 17.7 Å². The molecule has 0 N–H and O–H groups in total. The lowest BCUT2D eigenvalue weighted by Gasteiger charge is -2.31. The molecule has 7 heteroatoms. The molecule has 2 aliphatic rings. The zero-order valence-corrected chi connectivity index (χ0v) is 13.4. The highest BCUT2D eigenvalue weighted by Crippen LogP contribution is 2.31. The molecule has 124 valence electrons. The molecular formula is C17H18N4O3. The first-order valence-electron chi connectivity index (χ1n) is 7.93. The number of hydrogen-bond donors (Lipinski definition) is 0. The first-order chi connectivity index (χ1) is 11.8. The summed E-state index contributed by atoms with van der Waals surface area (Å²) in [6.07, 6.45) is 2.27. The molecule has 0 bridgehead atoms. The first-order valence-corrected chi connectivity index (χ1v) is 7.93. The molecule has 0 atom stereocenters. The third-order valence-electron chi connectivity index (χ3n) is 4.40. The Morgan fingerprint density at radius 2 is 2.17 bits per heavy atom. The number of fused-ring (bicyclic) bond motifs is 1. The van der Waals surface area contributed by atoms with Crippen molar-refractivity contribution in [3.63, 3.8) is 0 Å². The van der Waals surface area contributed by atoms with E-state index in [4.69, 9.17) is 9.47 Å². The molecule has 1 aromatic heterocycles. The molecule has 0 saturated carbocycles. The van der Waals surface area contributed by atoms with E-state index < -0.39 is 0 Å². The van der Waals surface area contributed by atoms with Gasteiger partial charge in [-0.2, -0.15) is 4.98 Å². The fraction of sp³-hybridized carbons (Fsp3) is 0.353. The second-order valence-corrected chi connectivity index (χ2v) is 5.75. The van der Waals surface area contributed by atoms with Crippen molar-refractivity contribution in [1.29, 1.82) is 0 Å². The number of amides is 1. The molecular weight excluding hydrogens is 308 g/mol. The van der Waals surface area contributed by atoms with Crippen LogP contribution < -0.4 is 14.5 Å². The summed E-state index contributed by atoms with van der Waals surface area (Å²) in [5.74, 6) is 1.21. The molecule has 0 unspecified atom stereocenters. The van der Waals surface area contributed by atoms with Gasteiger partial charge < -0.3 is 14.4 Å². The molecule has 1 saturated heterocycles. The van der Waals surface area contributed by atoms with Gasteiger partial charge in [0.1, 0.15) is 6.61 Å². The molecule has 2 aliphatic heterocycles. The van der Waals surface area contributed by atoms with Gasteiger partial charge in [-0.3, -0.25) is 4.90 Å². The molecule has 24 heavy (non-hydrogen) atoms. The first kappa shape index (κ1) is 14.7. The maximum Gasteiger partial charge on any atom is 0.414 e. The van der Waals surface area contributed by atoms with Gasteiger partial charge in [0.2, 0.25) is 11.8 Å². The van der Waals surface area contributed by atoms with Crippen molar-refractivity contribution < 1.29 is 14.3 Å². The number of hydrogen-bond acceptors (Lipinski definition) is 6. The van der Waals surface area contributed by atoms with Gasteiger partial charge in [0, 0.05) is 25.4 Å². The van der Waals surface area contributed by atoms with Crippen LogP contribution >= 0.6 is 0 Å². The van der Waals surface area contributed by atoms with E-state index in [-0.39, 0.29) is 6.09 Å². The van der Waals surface area contributed by atoms with E-state index in [0.29, 0.717) is 31.5 Å². The maximum atomic E-state index is 11.9. The van der Waals surface area contributed by atoms with Crippen LogP contribution in [0.5, 0.6) is 5.88 Å². The Morgan fingerprint density at radius 1 is 1.25 bits per heavy atom. The van der Waals surface area contributed by atoms with Crippen LogP contribution in [0.25, 0.3) is 0 Å². The summed E-state index contributed by atoms with van der Waals surface area (Å²) in [5, 5.41) is 0. The minimum Gasteiger partial charge on any atom is -0.481 e. The van der Waals surface area contributed by atoms with Crippen LogP contribution in [0.1, 0.15) is 11.1 Å². The summed E-state index contributed by atoms with van der Waals surface area (Å²) in [4.78, 5) is 24.5. The van der Waals surface area contributed by atoms with E-state index in [2.05, 4.69) is 20.9 Å². The molecule has 1 amide bonds. The summed E-state index contributed by atoms with van der Waals surface area (Å²) >= 11 is 0. The van der Waals surface area contributed by atoms with Gasteiger partial charge in [0.15, 0.2) is 0 Å². The normalized spacial score (nSPS) is 16.8. The number of aromatic nitrogens is 2. The Bertz CT molecular complexity index is 780. The molecule has 4 rings (SSSR count). The second kappa shape index (κ2) is 5.99. The van der Waals surface area contributed by atoms with Crippen molar-refractivity contribution in [2.45, 2.75) is 13.0 Å². The fourth-order valence-electron chi connectivity index (χ4n) is 3.22. The standard InChI is InChI=1S/C17H18N4O3/c1-23-15-5-7-18-16(19-15)20-8-6-13-12(11-20)3-2-4-14(13)21-9-10-24-17(21)22/h2-5,7H,6,8-11H2,1H3. The monoisotopic (exact) mass is 326 g/mol. The van der Waals surface area contributed by atoms with E-state index >= 15 is 0 Å². The van der Waals surface area contributed by atoms with Crippen LogP contribution in [0.3, 0.4) is 0 Å². The van der Waals surface area contributed by atoms with Crippen LogP contribution in [0.4, 0.5) is 16.4 Å². The topological polar surface area (TPSA) is 67.8 Å². The lowest BCUT2D eigenvalue weighted by molar-refractivity contribution is 0.181. The van der Waals surface area contributed by atoms with Gasteiger partial charge in [-0.05, 0) is 23.6 Å². The predicted octanol–water partition coefficient (Wildman–Crippen LogP) is 2.00. The Kier molecular flexibility index (Phi) is 3.68. The Morgan fingerprint density at radius 3 is 2.96 bits per heavy atom. The highest BCUT2D eigenvalue weighted by atomic mass is 16.6. The van der Waals surface area contributed by atoms with Gasteiger partial charge >= 0.3 is 6.09 Å². The van der Waals surface area contributed by atoms with Gasteiger partial charge in [-0.15, -0.1) is 0 Å². The number of cyclic esters (lactones) is 1. The molecule has 1 aromatic carbocycles. The number of anilines is 2. The predicted molar refractivity (Wildman–Crippen MR) is 88.5 cm³/mol. The van der Waals surface area contributed by atoms with E-state index in [9.17, 15) is 4.79 Å². The maximum absolute atomic E-state index is 11.9. The van der Waals surface area contributed by atoms with E-state index in [1.807, 2.05) is 12.1 Å². The largest absolute Gasteiger partial charge is 0.481 e. The van der Waals surface area contributed by atoms with Crippen molar-refractivity contribution in [2.75, 3.05) is 36.6 Å². The lowest BCUT2D eigenvalue weighted by atomic mass is 9.97. The quantitative estimate of drug-likeness (QED) is 0.859. The van der Waals surface area contributed by atoms with Crippen molar-refractivity contribution in [3.05, 3.63) is 41.6 Å². The second-order valence-electron chi connectivity index (χ2n) is 5.75. The molecule has 2 aromatic rings. The number of carbonyl (C=O) groups is 1. The number of ether oxygens (including phenoxy) is 2. The zero-order valence-electron chi connectivity index (χ0n) is 13.4. The summed E-state index contributed by atoms with van der Waals surface area (Å²) in [6, 6.07) is 7.80. The Hall–Kier alpha value is -2.83. The van der Waals surface area contributed by atoms with Gasteiger partial charge in [-0.25, -0.2) is 9.78 Å². The average molecular weight is 326 g/mol. The number of rotatable bonds is 3. The van der Waals surface area contributed by atoms with E-state index in [1.165, 1.54) is 11.1 Å². The van der Waals surface area contributed by atoms with Crippen molar-refractivity contribution in [2.24, 2.45) is 0 Å². The minimum atomic E-state index is -0.262. The summed E-state index contributed by atoms with van der Waals surface area (Å²) in [5.41, 5.74) is 3.35. The SMILES string of the molecule is COc1ccnc(N2CCc3c(cccc3N3CCOC3=O)C2)n1. The third-order valence-corrected chi connectivity index (χ3v) is 4.40. The summed E-state index contributed by atoms with van der Waals surface area (Å²) in [6.45, 7) is 2.56. The molecule has 0 aliphatic carbocycles. The molecule has 0 spiro atoms. The number of nitrogens with zero attached hydrogens (tertiary/aromatic N) is 4. The summed E-state index contributed by atoms with van der Waals surface area (Å²) in [7, 11) is 1.60. The highest BCUT2D eigenvalue weighted by molar-refractivity contribution is 5.90. The molecule has 0 radical (unpaired) electrons. The highest BCUT2D eigenvalue weighted by Gasteiger charge is 2.28. The van der Waals surface area contributed by atoms with Crippen LogP contribution in [-0.2, 0) is 17.7 Å². The van der Waals surface area contributed by atoms with Crippen LogP contribution in [-0.4, -0.2) is 42.9 Å². The van der Waals surface area contributed by atoms with Crippen molar-refractivity contribution in [3.8, 4) is 5.88 Å². The van der Waals surface area contributed by atoms with Crippen LogP contribution in [0.2, 0.25) is 0 Å². The van der Waals surface area contributed by atoms with Gasteiger partial charge in [-0.1, -0.05) is 12.1 Å². The zero-order chi connectivity index (χ0) is 16.5. The van der Waals surface area contributed by atoms with Gasteiger partial charge in [0.05, 0.1) is 19.3 Å². The number of methoxy groups -OCH3 is 1. The lowest BCUT2D eigenvalue weighted by Crippen LogP contribution is -2.34. The number of benzene rings is 1. The minimum absolute atomic E-state index is 0.262. The molecule has 3 heterocycles. The Labute approximate surface area is 139 Å². The number of carbonyl (C=O) groups excluding carboxylic acids is 1. The average Bonchev–Trinajstić information content (AvgIpc) is 3.06.